The highest BCUT2D eigenvalue weighted by molar-refractivity contribution is 9.10. The highest BCUT2D eigenvalue weighted by atomic mass is 79.9. The summed E-state index contributed by atoms with van der Waals surface area (Å²) in [5, 5.41) is 3.70. The van der Waals surface area contributed by atoms with Gasteiger partial charge in [0.1, 0.15) is 0 Å². The van der Waals surface area contributed by atoms with E-state index in [1.165, 1.54) is 50.1 Å². The third-order valence-corrected chi connectivity index (χ3v) is 4.64. The van der Waals surface area contributed by atoms with Gasteiger partial charge in [-0.3, -0.25) is 0 Å². The van der Waals surface area contributed by atoms with Crippen LogP contribution >= 0.6 is 15.9 Å². The molecule has 1 saturated heterocycles. The maximum Gasteiger partial charge on any atom is 0.0744 e. The molecule has 0 atom stereocenters. The second-order valence-corrected chi connectivity index (χ2v) is 6.31. The minimum absolute atomic E-state index is 0.577. The van der Waals surface area contributed by atoms with Gasteiger partial charge in [-0.05, 0) is 37.9 Å². The fraction of sp³-hybridized carbons (Fsp3) is 0.625. The van der Waals surface area contributed by atoms with Crippen molar-refractivity contribution in [1.29, 1.82) is 0 Å². The Balaban J connectivity index is 1.95. The quantitative estimate of drug-likeness (QED) is 0.850. The molecular weight excluding hydrogens is 316 g/mol. The maximum atomic E-state index is 5.31. The zero-order valence-electron chi connectivity index (χ0n) is 12.5. The van der Waals surface area contributed by atoms with Crippen molar-refractivity contribution in [2.24, 2.45) is 0 Å². The number of nitrogens with zero attached hydrogens (tertiary/aromatic N) is 1. The van der Waals surface area contributed by atoms with Crippen LogP contribution in [-0.4, -0.2) is 37.7 Å². The third-order valence-electron chi connectivity index (χ3n) is 3.89. The predicted molar refractivity (Wildman–Crippen MR) is 88.2 cm³/mol. The zero-order chi connectivity index (χ0) is 14.4. The number of benzene rings is 1. The number of nitrogens with one attached hydrogen (secondary N) is 1. The second kappa shape index (κ2) is 8.01. The molecule has 0 unspecified atom stereocenters. The largest absolute Gasteiger partial charge is 0.382 e. The van der Waals surface area contributed by atoms with Crippen molar-refractivity contribution in [1.82, 2.24) is 4.90 Å². The van der Waals surface area contributed by atoms with Gasteiger partial charge in [-0.15, -0.1) is 0 Å². The molecule has 1 N–H and O–H groups in total. The molecular formula is C16H25BrN2O. The van der Waals surface area contributed by atoms with E-state index in [9.17, 15) is 0 Å². The SMILES string of the molecule is CCCN1CCC(Nc2cccc(Br)c2COC)CC1. The van der Waals surface area contributed by atoms with Gasteiger partial charge in [0.25, 0.3) is 0 Å². The van der Waals surface area contributed by atoms with Crippen molar-refractivity contribution in [2.45, 2.75) is 38.8 Å². The molecule has 0 saturated carbocycles. The van der Waals surface area contributed by atoms with Crippen LogP contribution in [0.1, 0.15) is 31.7 Å². The molecule has 1 fully saturated rings. The lowest BCUT2D eigenvalue weighted by molar-refractivity contribution is 0.184. The van der Waals surface area contributed by atoms with Gasteiger partial charge in [-0.25, -0.2) is 0 Å². The number of hydrogen-bond donors (Lipinski definition) is 1. The first-order chi connectivity index (χ1) is 9.74. The highest BCUT2D eigenvalue weighted by Crippen LogP contribution is 2.27. The number of ether oxygens (including phenoxy) is 1. The Kier molecular flexibility index (Phi) is 6.33. The molecule has 1 aliphatic heterocycles. The molecule has 0 radical (unpaired) electrons. The van der Waals surface area contributed by atoms with E-state index in [0.717, 1.165) is 4.47 Å². The minimum Gasteiger partial charge on any atom is -0.382 e. The van der Waals surface area contributed by atoms with Crippen LogP contribution in [0.15, 0.2) is 22.7 Å². The van der Waals surface area contributed by atoms with Crippen LogP contribution in [0.5, 0.6) is 0 Å². The van der Waals surface area contributed by atoms with Gasteiger partial charge in [0, 0.05) is 42.0 Å². The van der Waals surface area contributed by atoms with Crippen molar-refractivity contribution < 1.29 is 4.74 Å². The van der Waals surface area contributed by atoms with Crippen LogP contribution in [0.4, 0.5) is 5.69 Å². The summed E-state index contributed by atoms with van der Waals surface area (Å²) in [6.45, 7) is 6.54. The van der Waals surface area contributed by atoms with Gasteiger partial charge in [0.05, 0.1) is 6.61 Å². The molecule has 1 aliphatic rings. The van der Waals surface area contributed by atoms with Gasteiger partial charge in [-0.1, -0.05) is 28.9 Å². The van der Waals surface area contributed by atoms with Crippen molar-refractivity contribution in [3.05, 3.63) is 28.2 Å². The van der Waals surface area contributed by atoms with Gasteiger partial charge in [0.2, 0.25) is 0 Å². The Hall–Kier alpha value is -0.580. The van der Waals surface area contributed by atoms with E-state index in [0.29, 0.717) is 12.6 Å². The van der Waals surface area contributed by atoms with Crippen LogP contribution in [0.2, 0.25) is 0 Å². The minimum atomic E-state index is 0.577. The molecule has 4 heteroatoms. The lowest BCUT2D eigenvalue weighted by atomic mass is 10.0. The average Bonchev–Trinajstić information content (AvgIpc) is 2.45. The van der Waals surface area contributed by atoms with E-state index < -0.39 is 0 Å². The fourth-order valence-electron chi connectivity index (χ4n) is 2.82. The average molecular weight is 341 g/mol. The number of halogens is 1. The van der Waals surface area contributed by atoms with Gasteiger partial charge >= 0.3 is 0 Å². The summed E-state index contributed by atoms with van der Waals surface area (Å²) in [7, 11) is 1.74. The van der Waals surface area contributed by atoms with Crippen molar-refractivity contribution in [2.75, 3.05) is 32.1 Å². The molecule has 0 aliphatic carbocycles. The van der Waals surface area contributed by atoms with Crippen LogP contribution in [-0.2, 0) is 11.3 Å². The summed E-state index contributed by atoms with van der Waals surface area (Å²) in [6, 6.07) is 6.88. The topological polar surface area (TPSA) is 24.5 Å². The van der Waals surface area contributed by atoms with E-state index in [2.05, 4.69) is 51.3 Å². The standard InChI is InChI=1S/C16H25BrN2O/c1-3-9-19-10-7-13(8-11-19)18-16-6-4-5-15(17)14(16)12-20-2/h4-6,13,18H,3,7-12H2,1-2H3. The van der Waals surface area contributed by atoms with Crippen LogP contribution in [0.3, 0.4) is 0 Å². The molecule has 1 heterocycles. The summed E-state index contributed by atoms with van der Waals surface area (Å²) < 4.78 is 6.43. The Morgan fingerprint density at radius 1 is 1.35 bits per heavy atom. The first-order valence-electron chi connectivity index (χ1n) is 7.49. The van der Waals surface area contributed by atoms with Gasteiger partial charge in [-0.2, -0.15) is 0 Å². The summed E-state index contributed by atoms with van der Waals surface area (Å²) in [5.74, 6) is 0. The molecule has 0 aromatic heterocycles. The van der Waals surface area contributed by atoms with Gasteiger partial charge < -0.3 is 15.0 Å². The molecule has 0 bridgehead atoms. The van der Waals surface area contributed by atoms with E-state index in [4.69, 9.17) is 4.74 Å². The first-order valence-corrected chi connectivity index (χ1v) is 8.29. The molecule has 1 aromatic rings. The lowest BCUT2D eigenvalue weighted by Crippen LogP contribution is -2.39. The molecule has 2 rings (SSSR count). The highest BCUT2D eigenvalue weighted by Gasteiger charge is 2.19. The second-order valence-electron chi connectivity index (χ2n) is 5.46. The summed E-state index contributed by atoms with van der Waals surface area (Å²) in [4.78, 5) is 2.56. The fourth-order valence-corrected chi connectivity index (χ4v) is 3.30. The van der Waals surface area contributed by atoms with E-state index >= 15 is 0 Å². The zero-order valence-corrected chi connectivity index (χ0v) is 14.1. The first kappa shape index (κ1) is 15.8. The van der Waals surface area contributed by atoms with Crippen molar-refractivity contribution in [3.8, 4) is 0 Å². The summed E-state index contributed by atoms with van der Waals surface area (Å²) in [6.07, 6.45) is 3.69. The number of methoxy groups -OCH3 is 1. The maximum absolute atomic E-state index is 5.31. The Morgan fingerprint density at radius 3 is 2.75 bits per heavy atom. The predicted octanol–water partition coefficient (Wildman–Crippen LogP) is 3.88. The van der Waals surface area contributed by atoms with Crippen molar-refractivity contribution >= 4 is 21.6 Å². The number of likely N-dealkylation sites (tertiary alicyclic amines) is 1. The van der Waals surface area contributed by atoms with Gasteiger partial charge in [0.15, 0.2) is 0 Å². The molecule has 20 heavy (non-hydrogen) atoms. The summed E-state index contributed by atoms with van der Waals surface area (Å²) >= 11 is 3.61. The van der Waals surface area contributed by atoms with Crippen LogP contribution in [0.25, 0.3) is 0 Å². The van der Waals surface area contributed by atoms with Crippen LogP contribution < -0.4 is 5.32 Å². The molecule has 1 aromatic carbocycles. The Morgan fingerprint density at radius 2 is 2.10 bits per heavy atom. The lowest BCUT2D eigenvalue weighted by Gasteiger charge is -2.33. The van der Waals surface area contributed by atoms with Crippen LogP contribution in [0, 0.1) is 0 Å². The number of piperidine rings is 1. The smallest absolute Gasteiger partial charge is 0.0744 e. The number of anilines is 1. The monoisotopic (exact) mass is 340 g/mol. The Bertz CT molecular complexity index is 417. The van der Waals surface area contributed by atoms with E-state index in [-0.39, 0.29) is 0 Å². The number of rotatable bonds is 6. The normalized spacial score (nSPS) is 17.4. The number of hydrogen-bond acceptors (Lipinski definition) is 3. The Labute approximate surface area is 130 Å². The molecule has 112 valence electrons. The molecule has 3 nitrogen and oxygen atoms in total. The summed E-state index contributed by atoms with van der Waals surface area (Å²) in [5.41, 5.74) is 2.42. The molecule has 0 amide bonds. The third kappa shape index (κ3) is 4.21. The van der Waals surface area contributed by atoms with E-state index in [1.807, 2.05) is 0 Å². The molecule has 0 spiro atoms. The van der Waals surface area contributed by atoms with Crippen molar-refractivity contribution in [3.63, 3.8) is 0 Å². The van der Waals surface area contributed by atoms with E-state index in [1.54, 1.807) is 7.11 Å².